The molecule has 4 rings (SSSR count). The zero-order valence-corrected chi connectivity index (χ0v) is 17.1. The Morgan fingerprint density at radius 3 is 2.38 bits per heavy atom. The first-order chi connectivity index (χ1) is 14.2. The van der Waals surface area contributed by atoms with Crippen LogP contribution in [0.1, 0.15) is 31.2 Å². The van der Waals surface area contributed by atoms with Gasteiger partial charge in [0.1, 0.15) is 5.75 Å². The van der Waals surface area contributed by atoms with Gasteiger partial charge in [0.05, 0.1) is 32.7 Å². The number of anilines is 1. The summed E-state index contributed by atoms with van der Waals surface area (Å²) < 4.78 is 16.2. The highest BCUT2D eigenvalue weighted by Crippen LogP contribution is 2.40. The van der Waals surface area contributed by atoms with Crippen molar-refractivity contribution in [2.45, 2.75) is 25.7 Å². The van der Waals surface area contributed by atoms with E-state index in [1.54, 1.807) is 26.3 Å². The summed E-state index contributed by atoms with van der Waals surface area (Å²) in [4.78, 5) is 13.3. The van der Waals surface area contributed by atoms with Crippen molar-refractivity contribution in [1.29, 1.82) is 0 Å². The Bertz CT molecular complexity index is 940. The smallest absolute Gasteiger partial charge is 0.251 e. The molecule has 2 aromatic carbocycles. The lowest BCUT2D eigenvalue weighted by atomic mass is 9.73. The molecular formula is C23H26N2O4. The molecule has 2 aromatic rings. The number of hydrogen-bond donors (Lipinski definition) is 0. The van der Waals surface area contributed by atoms with E-state index in [0.29, 0.717) is 17.2 Å². The van der Waals surface area contributed by atoms with E-state index < -0.39 is 0 Å². The molecule has 2 atom stereocenters. The molecule has 29 heavy (non-hydrogen) atoms. The number of carbonyl (C=O) groups excluding carboxylic acids is 1. The predicted molar refractivity (Wildman–Crippen MR) is 112 cm³/mol. The molecule has 0 radical (unpaired) electrons. The second-order valence-corrected chi connectivity index (χ2v) is 7.40. The van der Waals surface area contributed by atoms with Gasteiger partial charge in [-0.1, -0.05) is 18.9 Å². The molecule has 0 N–H and O–H groups in total. The van der Waals surface area contributed by atoms with Crippen molar-refractivity contribution in [3.63, 3.8) is 0 Å². The highest BCUT2D eigenvalue weighted by Gasteiger charge is 2.41. The van der Waals surface area contributed by atoms with Crippen LogP contribution < -0.4 is 19.2 Å². The van der Waals surface area contributed by atoms with Gasteiger partial charge in [0, 0.05) is 23.5 Å². The Morgan fingerprint density at radius 2 is 1.66 bits per heavy atom. The summed E-state index contributed by atoms with van der Waals surface area (Å²) in [7, 11) is 4.86. The Labute approximate surface area is 171 Å². The van der Waals surface area contributed by atoms with Crippen molar-refractivity contribution in [1.82, 2.24) is 0 Å². The van der Waals surface area contributed by atoms with E-state index >= 15 is 0 Å². The van der Waals surface area contributed by atoms with Crippen LogP contribution in [-0.2, 0) is 4.79 Å². The standard InChI is InChI=1S/C23H26N2O4/c1-27-17-8-6-7-16(14-17)25-23(26)19-10-5-4-9-18(19)22(24-25)15-11-12-20(28-2)21(13-15)29-3/h6-8,11-14,18-19H,4-5,9-10H2,1-3H3/t18-,19+/m0/s1. The molecule has 0 spiro atoms. The van der Waals surface area contributed by atoms with Crippen LogP contribution in [0.4, 0.5) is 5.69 Å². The molecular weight excluding hydrogens is 368 g/mol. The minimum Gasteiger partial charge on any atom is -0.497 e. The van der Waals surface area contributed by atoms with Crippen molar-refractivity contribution < 1.29 is 19.0 Å². The minimum atomic E-state index is -0.0597. The van der Waals surface area contributed by atoms with Crippen LogP contribution in [0, 0.1) is 11.8 Å². The fourth-order valence-electron chi connectivity index (χ4n) is 4.34. The number of ether oxygens (including phenoxy) is 3. The van der Waals surface area contributed by atoms with Gasteiger partial charge < -0.3 is 14.2 Å². The van der Waals surface area contributed by atoms with Crippen LogP contribution in [0.5, 0.6) is 17.2 Å². The van der Waals surface area contributed by atoms with E-state index in [0.717, 1.165) is 42.6 Å². The van der Waals surface area contributed by atoms with Gasteiger partial charge in [-0.2, -0.15) is 5.10 Å². The number of fused-ring (bicyclic) bond motifs is 1. The van der Waals surface area contributed by atoms with Crippen LogP contribution in [0.2, 0.25) is 0 Å². The molecule has 1 heterocycles. The molecule has 0 aromatic heterocycles. The first-order valence-electron chi connectivity index (χ1n) is 9.95. The third-order valence-corrected chi connectivity index (χ3v) is 5.83. The summed E-state index contributed by atoms with van der Waals surface area (Å²) in [5.41, 5.74) is 2.61. The molecule has 2 aliphatic rings. The molecule has 1 saturated carbocycles. The van der Waals surface area contributed by atoms with Gasteiger partial charge in [0.2, 0.25) is 0 Å². The van der Waals surface area contributed by atoms with Crippen molar-refractivity contribution >= 4 is 17.3 Å². The van der Waals surface area contributed by atoms with Crippen LogP contribution in [0.15, 0.2) is 47.6 Å². The molecule has 1 aliphatic heterocycles. The van der Waals surface area contributed by atoms with Crippen LogP contribution in [0.25, 0.3) is 0 Å². The molecule has 1 amide bonds. The average molecular weight is 394 g/mol. The van der Waals surface area contributed by atoms with Crippen LogP contribution >= 0.6 is 0 Å². The molecule has 6 nitrogen and oxygen atoms in total. The van der Waals surface area contributed by atoms with Gasteiger partial charge in [-0.25, -0.2) is 5.01 Å². The minimum absolute atomic E-state index is 0.0597. The summed E-state index contributed by atoms with van der Waals surface area (Å²) in [6.07, 6.45) is 4.03. The van der Waals surface area contributed by atoms with Gasteiger partial charge in [-0.15, -0.1) is 0 Å². The number of nitrogens with zero attached hydrogens (tertiary/aromatic N) is 2. The molecule has 0 unspecified atom stereocenters. The first kappa shape index (κ1) is 19.3. The van der Waals surface area contributed by atoms with Gasteiger partial charge in [-0.05, 0) is 43.2 Å². The fraction of sp³-hybridized carbons (Fsp3) is 0.391. The van der Waals surface area contributed by atoms with Gasteiger partial charge >= 0.3 is 0 Å². The number of methoxy groups -OCH3 is 3. The summed E-state index contributed by atoms with van der Waals surface area (Å²) in [6.45, 7) is 0. The SMILES string of the molecule is COc1cccc(N2N=C(c3ccc(OC)c(OC)c3)[C@H]3CCCC[C@H]3C2=O)c1. The maximum absolute atomic E-state index is 13.3. The average Bonchev–Trinajstić information content (AvgIpc) is 2.79. The second-order valence-electron chi connectivity index (χ2n) is 7.40. The zero-order valence-electron chi connectivity index (χ0n) is 17.1. The lowest BCUT2D eigenvalue weighted by Crippen LogP contribution is -2.46. The Hall–Kier alpha value is -3.02. The maximum Gasteiger partial charge on any atom is 0.251 e. The Morgan fingerprint density at radius 1 is 0.897 bits per heavy atom. The molecule has 152 valence electrons. The van der Waals surface area contributed by atoms with Crippen molar-refractivity contribution in [3.8, 4) is 17.2 Å². The van der Waals surface area contributed by atoms with Gasteiger partial charge in [-0.3, -0.25) is 4.79 Å². The quantitative estimate of drug-likeness (QED) is 0.760. The summed E-state index contributed by atoms with van der Waals surface area (Å²) in [5, 5.41) is 6.39. The van der Waals surface area contributed by atoms with E-state index in [1.165, 1.54) is 0 Å². The van der Waals surface area contributed by atoms with Crippen molar-refractivity contribution in [2.75, 3.05) is 26.3 Å². The van der Waals surface area contributed by atoms with Gasteiger partial charge in [0.15, 0.2) is 11.5 Å². The lowest BCUT2D eigenvalue weighted by molar-refractivity contribution is -0.124. The highest BCUT2D eigenvalue weighted by molar-refractivity contribution is 6.11. The topological polar surface area (TPSA) is 60.4 Å². The van der Waals surface area contributed by atoms with E-state index in [-0.39, 0.29) is 17.7 Å². The van der Waals surface area contributed by atoms with Crippen LogP contribution in [0.3, 0.4) is 0 Å². The zero-order chi connectivity index (χ0) is 20.4. The summed E-state index contributed by atoms with van der Waals surface area (Å²) in [5.74, 6) is 2.15. The summed E-state index contributed by atoms with van der Waals surface area (Å²) >= 11 is 0. The van der Waals surface area contributed by atoms with E-state index in [9.17, 15) is 4.79 Å². The lowest BCUT2D eigenvalue weighted by Gasteiger charge is -2.38. The fourth-order valence-corrected chi connectivity index (χ4v) is 4.34. The number of benzene rings is 2. The van der Waals surface area contributed by atoms with E-state index in [2.05, 4.69) is 0 Å². The monoisotopic (exact) mass is 394 g/mol. The normalized spacial score (nSPS) is 21.3. The van der Waals surface area contributed by atoms with E-state index in [4.69, 9.17) is 19.3 Å². The second kappa shape index (κ2) is 8.15. The largest absolute Gasteiger partial charge is 0.497 e. The van der Waals surface area contributed by atoms with Crippen LogP contribution in [-0.4, -0.2) is 32.9 Å². The Kier molecular flexibility index (Phi) is 5.43. The Balaban J connectivity index is 1.82. The number of amides is 1. The molecule has 1 fully saturated rings. The van der Waals surface area contributed by atoms with Gasteiger partial charge in [0.25, 0.3) is 5.91 Å². The maximum atomic E-state index is 13.3. The third kappa shape index (κ3) is 3.55. The van der Waals surface area contributed by atoms with Crippen molar-refractivity contribution in [3.05, 3.63) is 48.0 Å². The molecule has 0 bridgehead atoms. The van der Waals surface area contributed by atoms with E-state index in [1.807, 2.05) is 42.5 Å². The highest BCUT2D eigenvalue weighted by atomic mass is 16.5. The number of hydrogen-bond acceptors (Lipinski definition) is 5. The molecule has 1 aliphatic carbocycles. The van der Waals surface area contributed by atoms with Crippen molar-refractivity contribution in [2.24, 2.45) is 16.9 Å². The summed E-state index contributed by atoms with van der Waals surface area (Å²) in [6, 6.07) is 13.3. The number of hydrazone groups is 1. The molecule has 0 saturated heterocycles. The number of rotatable bonds is 5. The third-order valence-electron chi connectivity index (χ3n) is 5.83. The first-order valence-corrected chi connectivity index (χ1v) is 9.95. The number of carbonyl (C=O) groups is 1. The predicted octanol–water partition coefficient (Wildman–Crippen LogP) is 4.27. The molecule has 6 heteroatoms.